The average molecular weight is 236 g/mol. The van der Waals surface area contributed by atoms with Crippen molar-refractivity contribution in [2.24, 2.45) is 0 Å². The second-order valence-electron chi connectivity index (χ2n) is 4.79. The van der Waals surface area contributed by atoms with Crippen LogP contribution in [0.25, 0.3) is 0 Å². The molecule has 1 aromatic heterocycles. The molecule has 2 aromatic rings. The molecule has 0 amide bonds. The van der Waals surface area contributed by atoms with Gasteiger partial charge in [-0.15, -0.1) is 0 Å². The molecule has 2 rings (SSSR count). The number of nitriles is 1. The highest BCUT2D eigenvalue weighted by molar-refractivity contribution is 6.32. The molecule has 0 saturated heterocycles. The first kappa shape index (κ1) is 12.4. The normalized spacial score (nSPS) is 11.2. The molecule has 2 radical (unpaired) electrons. The fraction of sp³-hybridized carbons (Fsp3) is 0.308. The molecule has 0 N–H and O–H groups in total. The third kappa shape index (κ3) is 2.59. The lowest BCUT2D eigenvalue weighted by Gasteiger charge is -2.18. The predicted octanol–water partition coefficient (Wildman–Crippen LogP) is 0.921. The molecule has 0 aliphatic heterocycles. The van der Waals surface area contributed by atoms with Crippen LogP contribution in [0.5, 0.6) is 0 Å². The van der Waals surface area contributed by atoms with Crippen molar-refractivity contribution in [2.45, 2.75) is 25.8 Å². The first-order valence-corrected chi connectivity index (χ1v) is 5.65. The molecular formula is C13H13BN4. The summed E-state index contributed by atoms with van der Waals surface area (Å²) in [6, 6.07) is 8.00. The topological polar surface area (TPSA) is 54.5 Å². The molecule has 0 saturated carbocycles. The molecule has 0 atom stereocenters. The molecule has 0 aliphatic rings. The summed E-state index contributed by atoms with van der Waals surface area (Å²) in [5, 5.41) is 13.2. The van der Waals surface area contributed by atoms with Gasteiger partial charge in [0.15, 0.2) is 0 Å². The van der Waals surface area contributed by atoms with Crippen LogP contribution in [0.2, 0.25) is 0 Å². The van der Waals surface area contributed by atoms with Crippen molar-refractivity contribution < 1.29 is 0 Å². The van der Waals surface area contributed by atoms with E-state index in [-0.39, 0.29) is 0 Å². The zero-order chi connectivity index (χ0) is 13.2. The summed E-state index contributed by atoms with van der Waals surface area (Å²) < 4.78 is 1.72. The van der Waals surface area contributed by atoms with Crippen molar-refractivity contribution in [2.75, 3.05) is 0 Å². The standard InChI is InChI=1S/C13H13BN4/c1-13(2,7-15)11-3-10(4-12(14)5-11)6-18-9-16-8-17-18/h3-5,8-9H,6H2,1-2H3. The number of aromatic nitrogens is 3. The van der Waals surface area contributed by atoms with Gasteiger partial charge in [-0.3, -0.25) is 0 Å². The molecule has 0 spiro atoms. The second kappa shape index (κ2) is 4.65. The molecule has 18 heavy (non-hydrogen) atoms. The molecule has 0 unspecified atom stereocenters. The molecular weight excluding hydrogens is 223 g/mol. The summed E-state index contributed by atoms with van der Waals surface area (Å²) in [7, 11) is 5.89. The van der Waals surface area contributed by atoms with Gasteiger partial charge in [0, 0.05) is 0 Å². The maximum Gasteiger partial charge on any atom is 0.137 e. The predicted molar refractivity (Wildman–Crippen MR) is 69.6 cm³/mol. The van der Waals surface area contributed by atoms with Crippen LogP contribution in [-0.2, 0) is 12.0 Å². The van der Waals surface area contributed by atoms with E-state index >= 15 is 0 Å². The molecule has 0 fully saturated rings. The van der Waals surface area contributed by atoms with Gasteiger partial charge in [0.2, 0.25) is 0 Å². The van der Waals surface area contributed by atoms with Gasteiger partial charge in [-0.25, -0.2) is 9.67 Å². The van der Waals surface area contributed by atoms with Gasteiger partial charge in [-0.1, -0.05) is 23.7 Å². The third-order valence-electron chi connectivity index (χ3n) is 2.83. The smallest absolute Gasteiger partial charge is 0.137 e. The number of nitrogens with zero attached hydrogens (tertiary/aromatic N) is 4. The minimum absolute atomic E-state index is 0.549. The van der Waals surface area contributed by atoms with Crippen LogP contribution < -0.4 is 5.46 Å². The Morgan fingerprint density at radius 3 is 2.78 bits per heavy atom. The summed E-state index contributed by atoms with van der Waals surface area (Å²) in [4.78, 5) is 3.90. The molecule has 88 valence electrons. The van der Waals surface area contributed by atoms with Crippen molar-refractivity contribution in [3.63, 3.8) is 0 Å². The molecule has 1 aromatic carbocycles. The Morgan fingerprint density at radius 1 is 1.39 bits per heavy atom. The Morgan fingerprint density at radius 2 is 2.17 bits per heavy atom. The highest BCUT2D eigenvalue weighted by atomic mass is 15.3. The minimum Gasteiger partial charge on any atom is -0.249 e. The number of rotatable bonds is 3. The van der Waals surface area contributed by atoms with Gasteiger partial charge in [-0.05, 0) is 25.0 Å². The third-order valence-corrected chi connectivity index (χ3v) is 2.83. The van der Waals surface area contributed by atoms with Crippen LogP contribution in [0.4, 0.5) is 0 Å². The van der Waals surface area contributed by atoms with E-state index in [0.717, 1.165) is 11.1 Å². The molecule has 5 heteroatoms. The zero-order valence-electron chi connectivity index (χ0n) is 10.5. The number of hydrogen-bond acceptors (Lipinski definition) is 3. The second-order valence-corrected chi connectivity index (χ2v) is 4.79. The van der Waals surface area contributed by atoms with E-state index in [0.29, 0.717) is 12.0 Å². The largest absolute Gasteiger partial charge is 0.249 e. The summed E-state index contributed by atoms with van der Waals surface area (Å²) in [5.41, 5.74) is 2.04. The van der Waals surface area contributed by atoms with Gasteiger partial charge in [0.25, 0.3) is 0 Å². The van der Waals surface area contributed by atoms with E-state index < -0.39 is 5.41 Å². The van der Waals surface area contributed by atoms with Gasteiger partial charge < -0.3 is 0 Å². The van der Waals surface area contributed by atoms with E-state index in [1.54, 1.807) is 11.0 Å². The Labute approximate surface area is 108 Å². The van der Waals surface area contributed by atoms with Crippen molar-refractivity contribution in [1.82, 2.24) is 14.8 Å². The lowest BCUT2D eigenvalue weighted by atomic mass is 9.81. The molecule has 0 aliphatic carbocycles. The van der Waals surface area contributed by atoms with E-state index in [9.17, 15) is 0 Å². The zero-order valence-corrected chi connectivity index (χ0v) is 10.5. The van der Waals surface area contributed by atoms with Crippen LogP contribution >= 0.6 is 0 Å². The van der Waals surface area contributed by atoms with Crippen LogP contribution in [0.3, 0.4) is 0 Å². The SMILES string of the molecule is [B]c1cc(Cn2cncn2)cc(C(C)(C)C#N)c1. The van der Waals surface area contributed by atoms with Crippen LogP contribution in [-0.4, -0.2) is 22.6 Å². The van der Waals surface area contributed by atoms with Crippen LogP contribution in [0, 0.1) is 11.3 Å². The molecule has 4 nitrogen and oxygen atoms in total. The summed E-state index contributed by atoms with van der Waals surface area (Å²) in [6.07, 6.45) is 3.14. The van der Waals surface area contributed by atoms with E-state index in [1.807, 2.05) is 32.0 Å². The van der Waals surface area contributed by atoms with Crippen LogP contribution in [0.1, 0.15) is 25.0 Å². The van der Waals surface area contributed by atoms with Gasteiger partial charge in [0.05, 0.1) is 18.0 Å². The van der Waals surface area contributed by atoms with E-state index in [1.165, 1.54) is 6.33 Å². The highest BCUT2D eigenvalue weighted by Crippen LogP contribution is 2.22. The molecule has 0 bridgehead atoms. The lowest BCUT2D eigenvalue weighted by molar-refractivity contribution is 0.668. The van der Waals surface area contributed by atoms with Crippen molar-refractivity contribution in [1.29, 1.82) is 5.26 Å². The van der Waals surface area contributed by atoms with Crippen molar-refractivity contribution >= 4 is 13.3 Å². The summed E-state index contributed by atoms with van der Waals surface area (Å²) in [5.74, 6) is 0. The quantitative estimate of drug-likeness (QED) is 0.744. The Kier molecular flexibility index (Phi) is 3.20. The van der Waals surface area contributed by atoms with Crippen molar-refractivity contribution in [3.05, 3.63) is 42.0 Å². The first-order valence-electron chi connectivity index (χ1n) is 5.65. The lowest BCUT2D eigenvalue weighted by Crippen LogP contribution is -2.18. The highest BCUT2D eigenvalue weighted by Gasteiger charge is 2.20. The Bertz CT molecular complexity index is 582. The maximum absolute atomic E-state index is 9.17. The Balaban J connectivity index is 2.36. The average Bonchev–Trinajstić information content (AvgIpc) is 2.81. The van der Waals surface area contributed by atoms with Gasteiger partial charge in [0.1, 0.15) is 20.5 Å². The minimum atomic E-state index is -0.549. The number of hydrogen-bond donors (Lipinski definition) is 0. The fourth-order valence-electron chi connectivity index (χ4n) is 1.74. The van der Waals surface area contributed by atoms with E-state index in [4.69, 9.17) is 13.1 Å². The van der Waals surface area contributed by atoms with E-state index in [2.05, 4.69) is 16.2 Å². The van der Waals surface area contributed by atoms with Gasteiger partial charge >= 0.3 is 0 Å². The number of benzene rings is 1. The fourth-order valence-corrected chi connectivity index (χ4v) is 1.74. The van der Waals surface area contributed by atoms with Gasteiger partial charge in [-0.2, -0.15) is 10.4 Å². The Hall–Kier alpha value is -2.09. The maximum atomic E-state index is 9.17. The van der Waals surface area contributed by atoms with Crippen LogP contribution in [0.15, 0.2) is 30.9 Å². The van der Waals surface area contributed by atoms with Crippen molar-refractivity contribution in [3.8, 4) is 6.07 Å². The molecule has 1 heterocycles. The summed E-state index contributed by atoms with van der Waals surface area (Å²) in [6.45, 7) is 4.35. The first-order chi connectivity index (χ1) is 8.51. The summed E-state index contributed by atoms with van der Waals surface area (Å²) >= 11 is 0. The monoisotopic (exact) mass is 236 g/mol.